The van der Waals surface area contributed by atoms with Gasteiger partial charge in [-0.1, -0.05) is 13.3 Å². The summed E-state index contributed by atoms with van der Waals surface area (Å²) in [4.78, 5) is 11.2. The van der Waals surface area contributed by atoms with Crippen molar-refractivity contribution in [2.75, 3.05) is 20.3 Å². The number of hydrogen-bond donors (Lipinski definition) is 1. The van der Waals surface area contributed by atoms with Gasteiger partial charge in [0.05, 0.1) is 19.3 Å². The van der Waals surface area contributed by atoms with Crippen molar-refractivity contribution in [3.63, 3.8) is 0 Å². The third-order valence-corrected chi connectivity index (χ3v) is 1.91. The predicted molar refractivity (Wildman–Crippen MR) is 59.8 cm³/mol. The highest BCUT2D eigenvalue weighted by Gasteiger charge is 2.10. The molecule has 15 heavy (non-hydrogen) atoms. The molecule has 1 unspecified atom stereocenters. The van der Waals surface area contributed by atoms with Crippen LogP contribution in [0.5, 0.6) is 0 Å². The molecule has 0 aliphatic carbocycles. The summed E-state index contributed by atoms with van der Waals surface area (Å²) in [6, 6.07) is 0.236. The number of carbonyl (C=O) groups is 1. The van der Waals surface area contributed by atoms with E-state index >= 15 is 0 Å². The first-order chi connectivity index (χ1) is 7.10. The van der Waals surface area contributed by atoms with Crippen molar-refractivity contribution in [1.82, 2.24) is 5.32 Å². The lowest BCUT2D eigenvalue weighted by Crippen LogP contribution is -2.37. The van der Waals surface area contributed by atoms with Crippen molar-refractivity contribution in [1.29, 1.82) is 0 Å². The second kappa shape index (κ2) is 8.68. The molecule has 0 fully saturated rings. The van der Waals surface area contributed by atoms with Gasteiger partial charge in [-0.3, -0.25) is 4.79 Å². The van der Waals surface area contributed by atoms with E-state index in [1.165, 1.54) is 0 Å². The molecule has 0 aromatic carbocycles. The van der Waals surface area contributed by atoms with Crippen LogP contribution in [-0.2, 0) is 14.3 Å². The standard InChI is InChI=1S/C11H23NO3/c1-5-6-10(8-14-4)12-7-11(13)15-9(2)3/h9-10,12H,5-8H2,1-4H3. The van der Waals surface area contributed by atoms with Crippen LogP contribution in [0.15, 0.2) is 0 Å². The lowest BCUT2D eigenvalue weighted by Gasteiger charge is -2.17. The molecule has 0 amide bonds. The van der Waals surface area contributed by atoms with Gasteiger partial charge in [0.2, 0.25) is 0 Å². The Morgan fingerprint density at radius 1 is 1.40 bits per heavy atom. The summed E-state index contributed by atoms with van der Waals surface area (Å²) < 4.78 is 10.1. The molecule has 0 radical (unpaired) electrons. The van der Waals surface area contributed by atoms with E-state index in [9.17, 15) is 4.79 Å². The smallest absolute Gasteiger partial charge is 0.320 e. The molecule has 0 aliphatic heterocycles. The largest absolute Gasteiger partial charge is 0.462 e. The summed E-state index contributed by atoms with van der Waals surface area (Å²) in [5, 5.41) is 3.13. The molecule has 0 aliphatic rings. The SMILES string of the molecule is CCCC(COC)NCC(=O)OC(C)C. The maximum absolute atomic E-state index is 11.2. The zero-order valence-corrected chi connectivity index (χ0v) is 10.2. The first kappa shape index (κ1) is 14.4. The number of ether oxygens (including phenoxy) is 2. The molecule has 0 aromatic rings. The zero-order chi connectivity index (χ0) is 11.7. The second-order valence-electron chi connectivity index (χ2n) is 3.86. The van der Waals surface area contributed by atoms with Gasteiger partial charge in [0.15, 0.2) is 0 Å². The molecule has 0 aromatic heterocycles. The van der Waals surface area contributed by atoms with Crippen molar-refractivity contribution >= 4 is 5.97 Å². The molecule has 90 valence electrons. The fourth-order valence-electron chi connectivity index (χ4n) is 1.33. The Kier molecular flexibility index (Phi) is 8.33. The van der Waals surface area contributed by atoms with Crippen molar-refractivity contribution in [2.45, 2.75) is 45.8 Å². The Hall–Kier alpha value is -0.610. The van der Waals surface area contributed by atoms with Gasteiger partial charge in [-0.25, -0.2) is 0 Å². The molecular weight excluding hydrogens is 194 g/mol. The van der Waals surface area contributed by atoms with Crippen molar-refractivity contribution in [3.05, 3.63) is 0 Å². The molecular formula is C11H23NO3. The second-order valence-corrected chi connectivity index (χ2v) is 3.86. The van der Waals surface area contributed by atoms with E-state index in [4.69, 9.17) is 9.47 Å². The van der Waals surface area contributed by atoms with Crippen molar-refractivity contribution in [3.8, 4) is 0 Å². The van der Waals surface area contributed by atoms with Crippen LogP contribution >= 0.6 is 0 Å². The predicted octanol–water partition coefficient (Wildman–Crippen LogP) is 1.34. The summed E-state index contributed by atoms with van der Waals surface area (Å²) in [5.74, 6) is -0.206. The first-order valence-corrected chi connectivity index (χ1v) is 5.51. The average molecular weight is 217 g/mol. The Balaban J connectivity index is 3.72. The maximum atomic E-state index is 11.2. The van der Waals surface area contributed by atoms with Crippen LogP contribution in [0.25, 0.3) is 0 Å². The van der Waals surface area contributed by atoms with Crippen LogP contribution in [0.2, 0.25) is 0 Å². The van der Waals surface area contributed by atoms with Crippen LogP contribution in [0, 0.1) is 0 Å². The zero-order valence-electron chi connectivity index (χ0n) is 10.2. The van der Waals surface area contributed by atoms with E-state index in [2.05, 4.69) is 12.2 Å². The highest BCUT2D eigenvalue weighted by Crippen LogP contribution is 1.97. The van der Waals surface area contributed by atoms with Crippen LogP contribution < -0.4 is 5.32 Å². The third-order valence-electron chi connectivity index (χ3n) is 1.91. The van der Waals surface area contributed by atoms with Gasteiger partial charge >= 0.3 is 5.97 Å². The van der Waals surface area contributed by atoms with E-state index in [0.29, 0.717) is 6.61 Å². The summed E-state index contributed by atoms with van der Waals surface area (Å²) in [6.07, 6.45) is 2.02. The van der Waals surface area contributed by atoms with Crippen LogP contribution in [-0.4, -0.2) is 38.4 Å². The van der Waals surface area contributed by atoms with Crippen LogP contribution in [0.4, 0.5) is 0 Å². The number of rotatable bonds is 8. The highest BCUT2D eigenvalue weighted by atomic mass is 16.5. The minimum atomic E-state index is -0.206. The summed E-state index contributed by atoms with van der Waals surface area (Å²) in [5.41, 5.74) is 0. The number of nitrogens with one attached hydrogen (secondary N) is 1. The molecule has 1 atom stereocenters. The molecule has 0 spiro atoms. The third kappa shape index (κ3) is 8.39. The van der Waals surface area contributed by atoms with E-state index in [1.54, 1.807) is 7.11 Å². The highest BCUT2D eigenvalue weighted by molar-refractivity contribution is 5.71. The van der Waals surface area contributed by atoms with E-state index in [0.717, 1.165) is 12.8 Å². The maximum Gasteiger partial charge on any atom is 0.320 e. The fourth-order valence-corrected chi connectivity index (χ4v) is 1.33. The van der Waals surface area contributed by atoms with Crippen molar-refractivity contribution < 1.29 is 14.3 Å². The molecule has 0 bridgehead atoms. The van der Waals surface area contributed by atoms with Crippen molar-refractivity contribution in [2.24, 2.45) is 0 Å². The first-order valence-electron chi connectivity index (χ1n) is 5.51. The van der Waals surface area contributed by atoms with Gasteiger partial charge in [-0.2, -0.15) is 0 Å². The van der Waals surface area contributed by atoms with Gasteiger partial charge in [-0.15, -0.1) is 0 Å². The van der Waals surface area contributed by atoms with Crippen LogP contribution in [0.1, 0.15) is 33.6 Å². The summed E-state index contributed by atoms with van der Waals surface area (Å²) in [6.45, 7) is 6.68. The van der Waals surface area contributed by atoms with E-state index in [1.807, 2.05) is 13.8 Å². The lowest BCUT2D eigenvalue weighted by atomic mass is 10.2. The molecule has 0 rings (SSSR count). The normalized spacial score (nSPS) is 12.9. The minimum absolute atomic E-state index is 0.0497. The lowest BCUT2D eigenvalue weighted by molar-refractivity contribution is -0.146. The van der Waals surface area contributed by atoms with Gasteiger partial charge in [0, 0.05) is 13.2 Å². The number of carbonyl (C=O) groups excluding carboxylic acids is 1. The molecule has 4 heteroatoms. The van der Waals surface area contributed by atoms with Gasteiger partial charge in [0.1, 0.15) is 0 Å². The average Bonchev–Trinajstić information content (AvgIpc) is 2.14. The molecule has 1 N–H and O–H groups in total. The summed E-state index contributed by atoms with van der Waals surface area (Å²) >= 11 is 0. The fraction of sp³-hybridized carbons (Fsp3) is 0.909. The molecule has 0 saturated heterocycles. The quantitative estimate of drug-likeness (QED) is 0.623. The van der Waals surface area contributed by atoms with Crippen LogP contribution in [0.3, 0.4) is 0 Å². The van der Waals surface area contributed by atoms with E-state index < -0.39 is 0 Å². The Morgan fingerprint density at radius 2 is 2.07 bits per heavy atom. The Labute approximate surface area is 92.3 Å². The van der Waals surface area contributed by atoms with E-state index in [-0.39, 0.29) is 24.7 Å². The van der Waals surface area contributed by atoms with Gasteiger partial charge < -0.3 is 14.8 Å². The Bertz CT molecular complexity index is 165. The van der Waals surface area contributed by atoms with Gasteiger partial charge in [-0.05, 0) is 20.3 Å². The molecule has 0 heterocycles. The Morgan fingerprint density at radius 3 is 2.53 bits per heavy atom. The van der Waals surface area contributed by atoms with Gasteiger partial charge in [0.25, 0.3) is 0 Å². The summed E-state index contributed by atoms with van der Waals surface area (Å²) in [7, 11) is 1.66. The molecule has 0 saturated carbocycles. The number of esters is 1. The topological polar surface area (TPSA) is 47.6 Å². The number of methoxy groups -OCH3 is 1. The molecule has 4 nitrogen and oxygen atoms in total. The monoisotopic (exact) mass is 217 g/mol. The minimum Gasteiger partial charge on any atom is -0.462 e. The number of hydrogen-bond acceptors (Lipinski definition) is 4.